The zero-order chi connectivity index (χ0) is 13.5. The summed E-state index contributed by atoms with van der Waals surface area (Å²) < 4.78 is 0. The molecule has 2 aromatic rings. The van der Waals surface area contributed by atoms with Crippen molar-refractivity contribution in [3.63, 3.8) is 0 Å². The highest BCUT2D eigenvalue weighted by molar-refractivity contribution is 5.80. The van der Waals surface area contributed by atoms with Gasteiger partial charge in [-0.05, 0) is 35.7 Å². The van der Waals surface area contributed by atoms with Crippen LogP contribution in [-0.2, 0) is 17.8 Å². The minimum absolute atomic E-state index is 0.363. The number of hydrogen-bond donors (Lipinski definition) is 2. The van der Waals surface area contributed by atoms with Crippen LogP contribution in [-0.4, -0.2) is 21.9 Å². The lowest BCUT2D eigenvalue weighted by Crippen LogP contribution is -2.42. The van der Waals surface area contributed by atoms with E-state index in [2.05, 4.69) is 15.3 Å². The normalized spacial score (nSPS) is 12.0. The summed E-state index contributed by atoms with van der Waals surface area (Å²) in [4.78, 5) is 19.4. The molecule has 2 heterocycles. The molecular formula is C14H16N4O. The second-order valence-corrected chi connectivity index (χ2v) is 4.26. The Labute approximate surface area is 111 Å². The minimum Gasteiger partial charge on any atom is -0.368 e. The first-order chi connectivity index (χ1) is 9.25. The SMILES string of the molecule is NC(=O)C(Cc1cccnc1)NCc1ccncc1. The fraction of sp³-hybridized carbons (Fsp3) is 0.214. The third-order valence-corrected chi connectivity index (χ3v) is 2.81. The summed E-state index contributed by atoms with van der Waals surface area (Å²) in [6.45, 7) is 0.580. The first kappa shape index (κ1) is 13.2. The number of amides is 1. The summed E-state index contributed by atoms with van der Waals surface area (Å²) in [5.74, 6) is -0.363. The quantitative estimate of drug-likeness (QED) is 0.795. The summed E-state index contributed by atoms with van der Waals surface area (Å²) in [5.41, 5.74) is 7.46. The first-order valence-electron chi connectivity index (χ1n) is 6.06. The molecule has 0 radical (unpaired) electrons. The van der Waals surface area contributed by atoms with Crippen molar-refractivity contribution in [3.8, 4) is 0 Å². The highest BCUT2D eigenvalue weighted by Gasteiger charge is 2.15. The number of carbonyl (C=O) groups is 1. The second kappa shape index (κ2) is 6.61. The van der Waals surface area contributed by atoms with Gasteiger partial charge in [0.25, 0.3) is 0 Å². The molecule has 5 heteroatoms. The third-order valence-electron chi connectivity index (χ3n) is 2.81. The van der Waals surface area contributed by atoms with Gasteiger partial charge in [-0.25, -0.2) is 0 Å². The van der Waals surface area contributed by atoms with Crippen molar-refractivity contribution in [2.45, 2.75) is 19.0 Å². The molecule has 0 spiro atoms. The first-order valence-corrected chi connectivity index (χ1v) is 6.06. The molecule has 1 atom stereocenters. The molecule has 0 aliphatic carbocycles. The molecule has 0 fully saturated rings. The maximum Gasteiger partial charge on any atom is 0.234 e. The van der Waals surface area contributed by atoms with Crippen molar-refractivity contribution in [2.24, 2.45) is 5.73 Å². The molecular weight excluding hydrogens is 240 g/mol. The van der Waals surface area contributed by atoms with Gasteiger partial charge >= 0.3 is 0 Å². The van der Waals surface area contributed by atoms with Crippen molar-refractivity contribution >= 4 is 5.91 Å². The third kappa shape index (κ3) is 4.15. The molecule has 5 nitrogen and oxygen atoms in total. The summed E-state index contributed by atoms with van der Waals surface area (Å²) in [6, 6.07) is 7.16. The lowest BCUT2D eigenvalue weighted by Gasteiger charge is -2.15. The van der Waals surface area contributed by atoms with Crippen LogP contribution in [0.25, 0.3) is 0 Å². The van der Waals surface area contributed by atoms with Crippen molar-refractivity contribution in [1.29, 1.82) is 0 Å². The number of rotatable bonds is 6. The Balaban J connectivity index is 1.95. The number of nitrogens with two attached hydrogens (primary N) is 1. The average molecular weight is 256 g/mol. The maximum atomic E-state index is 11.5. The highest BCUT2D eigenvalue weighted by Crippen LogP contribution is 2.03. The molecule has 98 valence electrons. The smallest absolute Gasteiger partial charge is 0.234 e. The maximum absolute atomic E-state index is 11.5. The van der Waals surface area contributed by atoms with E-state index in [0.29, 0.717) is 13.0 Å². The molecule has 2 aromatic heterocycles. The van der Waals surface area contributed by atoms with Crippen molar-refractivity contribution in [2.75, 3.05) is 0 Å². The van der Waals surface area contributed by atoms with Crippen LogP contribution in [0, 0.1) is 0 Å². The van der Waals surface area contributed by atoms with E-state index in [0.717, 1.165) is 11.1 Å². The molecule has 1 amide bonds. The van der Waals surface area contributed by atoms with E-state index >= 15 is 0 Å². The summed E-state index contributed by atoms with van der Waals surface area (Å²) in [5, 5.41) is 3.15. The number of carbonyl (C=O) groups excluding carboxylic acids is 1. The molecule has 1 unspecified atom stereocenters. The van der Waals surface area contributed by atoms with E-state index in [4.69, 9.17) is 5.73 Å². The zero-order valence-electron chi connectivity index (χ0n) is 10.5. The largest absolute Gasteiger partial charge is 0.368 e. The van der Waals surface area contributed by atoms with E-state index in [1.165, 1.54) is 0 Å². The number of hydrogen-bond acceptors (Lipinski definition) is 4. The van der Waals surface area contributed by atoms with Crippen LogP contribution in [0.3, 0.4) is 0 Å². The van der Waals surface area contributed by atoms with E-state index < -0.39 is 6.04 Å². The lowest BCUT2D eigenvalue weighted by atomic mass is 10.1. The van der Waals surface area contributed by atoms with E-state index in [9.17, 15) is 4.79 Å². The van der Waals surface area contributed by atoms with Gasteiger partial charge in [0.1, 0.15) is 0 Å². The predicted octanol–water partition coefficient (Wildman–Crippen LogP) is 0.663. The van der Waals surface area contributed by atoms with Crippen molar-refractivity contribution in [1.82, 2.24) is 15.3 Å². The monoisotopic (exact) mass is 256 g/mol. The average Bonchev–Trinajstić information content (AvgIpc) is 2.45. The minimum atomic E-state index is -0.405. The number of nitrogens with zero attached hydrogens (tertiary/aromatic N) is 2. The van der Waals surface area contributed by atoms with Gasteiger partial charge in [-0.1, -0.05) is 6.07 Å². The fourth-order valence-corrected chi connectivity index (χ4v) is 1.77. The van der Waals surface area contributed by atoms with Crippen molar-refractivity contribution < 1.29 is 4.79 Å². The summed E-state index contributed by atoms with van der Waals surface area (Å²) in [7, 11) is 0. The Hall–Kier alpha value is -2.27. The number of pyridine rings is 2. The summed E-state index contributed by atoms with van der Waals surface area (Å²) >= 11 is 0. The molecule has 0 bridgehead atoms. The summed E-state index contributed by atoms with van der Waals surface area (Å²) in [6.07, 6.45) is 7.42. The Morgan fingerprint density at radius 1 is 1.16 bits per heavy atom. The van der Waals surface area contributed by atoms with Gasteiger partial charge < -0.3 is 11.1 Å². The predicted molar refractivity (Wildman–Crippen MR) is 72.0 cm³/mol. The van der Waals surface area contributed by atoms with Gasteiger partial charge in [-0.3, -0.25) is 14.8 Å². The zero-order valence-corrected chi connectivity index (χ0v) is 10.5. The fourth-order valence-electron chi connectivity index (χ4n) is 1.77. The Bertz CT molecular complexity index is 515. The molecule has 0 aliphatic heterocycles. The molecule has 0 aromatic carbocycles. The van der Waals surface area contributed by atoms with Gasteiger partial charge in [-0.2, -0.15) is 0 Å². The van der Waals surface area contributed by atoms with Gasteiger partial charge in [0.05, 0.1) is 6.04 Å². The standard InChI is InChI=1S/C14H16N4O/c15-14(19)13(8-12-2-1-5-17-9-12)18-10-11-3-6-16-7-4-11/h1-7,9,13,18H,8,10H2,(H2,15,19). The molecule has 2 rings (SSSR count). The van der Waals surface area contributed by atoms with E-state index in [1.54, 1.807) is 24.8 Å². The van der Waals surface area contributed by atoms with Gasteiger partial charge in [0.2, 0.25) is 5.91 Å². The van der Waals surface area contributed by atoms with Crippen LogP contribution in [0.1, 0.15) is 11.1 Å². The second-order valence-electron chi connectivity index (χ2n) is 4.26. The van der Waals surface area contributed by atoms with Crippen LogP contribution in [0.15, 0.2) is 49.1 Å². The number of aromatic nitrogens is 2. The lowest BCUT2D eigenvalue weighted by molar-refractivity contribution is -0.120. The highest BCUT2D eigenvalue weighted by atomic mass is 16.1. The van der Waals surface area contributed by atoms with Crippen LogP contribution in [0.4, 0.5) is 0 Å². The van der Waals surface area contributed by atoms with Crippen LogP contribution in [0.2, 0.25) is 0 Å². The molecule has 3 N–H and O–H groups in total. The van der Waals surface area contributed by atoms with Crippen LogP contribution < -0.4 is 11.1 Å². The molecule has 0 saturated heterocycles. The van der Waals surface area contributed by atoms with Gasteiger partial charge in [0.15, 0.2) is 0 Å². The van der Waals surface area contributed by atoms with E-state index in [-0.39, 0.29) is 5.91 Å². The van der Waals surface area contributed by atoms with Crippen molar-refractivity contribution in [3.05, 3.63) is 60.2 Å². The van der Waals surface area contributed by atoms with Gasteiger partial charge in [-0.15, -0.1) is 0 Å². The Kier molecular flexibility index (Phi) is 4.58. The van der Waals surface area contributed by atoms with Crippen LogP contribution in [0.5, 0.6) is 0 Å². The van der Waals surface area contributed by atoms with Crippen LogP contribution >= 0.6 is 0 Å². The number of nitrogens with one attached hydrogen (secondary N) is 1. The topological polar surface area (TPSA) is 80.9 Å². The van der Waals surface area contributed by atoms with Gasteiger partial charge in [0, 0.05) is 31.3 Å². The molecule has 0 aliphatic rings. The number of primary amides is 1. The van der Waals surface area contributed by atoms with E-state index in [1.807, 2.05) is 24.3 Å². The molecule has 19 heavy (non-hydrogen) atoms. The molecule has 0 saturated carbocycles. The Morgan fingerprint density at radius 3 is 2.58 bits per heavy atom. The Morgan fingerprint density at radius 2 is 1.95 bits per heavy atom.